The molecule has 0 aliphatic carbocycles. The highest BCUT2D eigenvalue weighted by molar-refractivity contribution is 5.62. The molecule has 0 heterocycles. The summed E-state index contributed by atoms with van der Waals surface area (Å²) >= 11 is 0. The summed E-state index contributed by atoms with van der Waals surface area (Å²) in [6, 6.07) is 14.3. The molecule has 110 valence electrons. The molecular formula is C16H18N2O3. The van der Waals surface area contributed by atoms with Gasteiger partial charge in [-0.1, -0.05) is 24.3 Å². The molecule has 2 aromatic rings. The van der Waals surface area contributed by atoms with E-state index in [-0.39, 0.29) is 16.7 Å². The van der Waals surface area contributed by atoms with Crippen LogP contribution in [-0.2, 0) is 0 Å². The van der Waals surface area contributed by atoms with Crippen molar-refractivity contribution in [2.75, 3.05) is 11.9 Å². The van der Waals surface area contributed by atoms with Crippen LogP contribution in [0.25, 0.3) is 0 Å². The van der Waals surface area contributed by atoms with Crippen molar-refractivity contribution in [2.45, 2.75) is 19.9 Å². The number of nitrogens with one attached hydrogen (secondary N) is 1. The van der Waals surface area contributed by atoms with Crippen molar-refractivity contribution in [3.8, 4) is 5.75 Å². The predicted molar refractivity (Wildman–Crippen MR) is 82.7 cm³/mol. The van der Waals surface area contributed by atoms with Crippen molar-refractivity contribution in [3.63, 3.8) is 0 Å². The van der Waals surface area contributed by atoms with Crippen LogP contribution >= 0.6 is 0 Å². The first-order chi connectivity index (χ1) is 10.1. The lowest BCUT2D eigenvalue weighted by Crippen LogP contribution is -2.08. The summed E-state index contributed by atoms with van der Waals surface area (Å²) in [7, 11) is 0. The largest absolute Gasteiger partial charge is 0.494 e. The summed E-state index contributed by atoms with van der Waals surface area (Å²) in [6.45, 7) is 4.53. The van der Waals surface area contributed by atoms with Gasteiger partial charge in [0.1, 0.15) is 11.4 Å². The molecule has 21 heavy (non-hydrogen) atoms. The van der Waals surface area contributed by atoms with E-state index >= 15 is 0 Å². The van der Waals surface area contributed by atoms with Gasteiger partial charge in [0.15, 0.2) is 0 Å². The molecule has 0 aliphatic rings. The molecule has 0 aliphatic heterocycles. The molecule has 0 saturated heterocycles. The van der Waals surface area contributed by atoms with Crippen molar-refractivity contribution in [3.05, 3.63) is 64.2 Å². The molecule has 0 fully saturated rings. The van der Waals surface area contributed by atoms with Crippen LogP contribution in [0.4, 0.5) is 11.4 Å². The number of hydrogen-bond acceptors (Lipinski definition) is 4. The van der Waals surface area contributed by atoms with Crippen LogP contribution in [0.1, 0.15) is 25.5 Å². The lowest BCUT2D eigenvalue weighted by atomic mass is 10.1. The summed E-state index contributed by atoms with van der Waals surface area (Å²) in [5.74, 6) is 0.819. The quantitative estimate of drug-likeness (QED) is 0.639. The van der Waals surface area contributed by atoms with Crippen LogP contribution in [0.2, 0.25) is 0 Å². The van der Waals surface area contributed by atoms with Gasteiger partial charge in [0.25, 0.3) is 5.69 Å². The van der Waals surface area contributed by atoms with Crippen LogP contribution < -0.4 is 10.1 Å². The average Bonchev–Trinajstić information content (AvgIpc) is 2.48. The van der Waals surface area contributed by atoms with Crippen LogP contribution in [-0.4, -0.2) is 11.5 Å². The first-order valence-electron chi connectivity index (χ1n) is 6.84. The Labute approximate surface area is 123 Å². The third kappa shape index (κ3) is 3.72. The minimum atomic E-state index is -0.382. The Morgan fingerprint density at radius 1 is 1.19 bits per heavy atom. The molecule has 0 bridgehead atoms. The van der Waals surface area contributed by atoms with Crippen molar-refractivity contribution in [2.24, 2.45) is 0 Å². The molecule has 1 N–H and O–H groups in total. The molecule has 0 saturated carbocycles. The third-order valence-electron chi connectivity index (χ3n) is 3.16. The van der Waals surface area contributed by atoms with E-state index in [9.17, 15) is 10.1 Å². The predicted octanol–water partition coefficient (Wildman–Crippen LogP) is 4.17. The maximum absolute atomic E-state index is 11.0. The third-order valence-corrected chi connectivity index (χ3v) is 3.16. The van der Waals surface area contributed by atoms with Gasteiger partial charge in [0, 0.05) is 12.1 Å². The van der Waals surface area contributed by atoms with Crippen molar-refractivity contribution >= 4 is 11.4 Å². The molecular weight excluding hydrogens is 268 g/mol. The molecule has 0 aromatic heterocycles. The van der Waals surface area contributed by atoms with E-state index in [0.29, 0.717) is 12.3 Å². The fourth-order valence-corrected chi connectivity index (χ4v) is 2.09. The molecule has 0 radical (unpaired) electrons. The number of benzene rings is 2. The molecule has 0 spiro atoms. The summed E-state index contributed by atoms with van der Waals surface area (Å²) < 4.78 is 5.40. The number of rotatable bonds is 6. The van der Waals surface area contributed by atoms with E-state index in [1.54, 1.807) is 18.2 Å². The van der Waals surface area contributed by atoms with Gasteiger partial charge in [-0.25, -0.2) is 0 Å². The van der Waals surface area contributed by atoms with Gasteiger partial charge in [0.2, 0.25) is 0 Å². The van der Waals surface area contributed by atoms with Crippen molar-refractivity contribution in [1.82, 2.24) is 0 Å². The van der Waals surface area contributed by atoms with E-state index in [0.717, 1.165) is 11.3 Å². The SMILES string of the molecule is CCOc1ccc(C(C)Nc2ccccc2[N+](=O)[O-])cc1. The van der Waals surface area contributed by atoms with Gasteiger partial charge in [-0.15, -0.1) is 0 Å². The summed E-state index contributed by atoms with van der Waals surface area (Å²) in [6.07, 6.45) is 0. The Bertz CT molecular complexity index is 611. The second-order valence-corrected chi connectivity index (χ2v) is 4.64. The minimum absolute atomic E-state index is 0.0400. The fourth-order valence-electron chi connectivity index (χ4n) is 2.09. The highest BCUT2D eigenvalue weighted by atomic mass is 16.6. The summed E-state index contributed by atoms with van der Waals surface area (Å²) in [4.78, 5) is 10.6. The molecule has 5 heteroatoms. The van der Waals surface area contributed by atoms with Gasteiger partial charge in [-0.05, 0) is 37.6 Å². The van der Waals surface area contributed by atoms with E-state index < -0.39 is 0 Å². The second kappa shape index (κ2) is 6.74. The first kappa shape index (κ1) is 14.8. The van der Waals surface area contributed by atoms with Gasteiger partial charge in [0.05, 0.1) is 11.5 Å². The van der Waals surface area contributed by atoms with Crippen LogP contribution in [0.15, 0.2) is 48.5 Å². The van der Waals surface area contributed by atoms with E-state index in [2.05, 4.69) is 5.32 Å². The number of nitro groups is 1. The number of anilines is 1. The number of nitrogens with zero attached hydrogens (tertiary/aromatic N) is 1. The zero-order chi connectivity index (χ0) is 15.2. The summed E-state index contributed by atoms with van der Waals surface area (Å²) in [5, 5.41) is 14.2. The van der Waals surface area contributed by atoms with Crippen molar-refractivity contribution < 1.29 is 9.66 Å². The highest BCUT2D eigenvalue weighted by Gasteiger charge is 2.14. The van der Waals surface area contributed by atoms with Crippen LogP contribution in [0.5, 0.6) is 5.75 Å². The normalized spacial score (nSPS) is 11.7. The smallest absolute Gasteiger partial charge is 0.292 e. The van der Waals surface area contributed by atoms with Gasteiger partial charge < -0.3 is 10.1 Å². The first-order valence-corrected chi connectivity index (χ1v) is 6.84. The molecule has 1 atom stereocenters. The molecule has 2 rings (SSSR count). The van der Waals surface area contributed by atoms with E-state index in [4.69, 9.17) is 4.74 Å². The lowest BCUT2D eigenvalue weighted by Gasteiger charge is -2.16. The molecule has 2 aromatic carbocycles. The Morgan fingerprint density at radius 2 is 1.86 bits per heavy atom. The number of ether oxygens (including phenoxy) is 1. The topological polar surface area (TPSA) is 64.4 Å². The van der Waals surface area contributed by atoms with E-state index in [1.807, 2.05) is 38.1 Å². The maximum atomic E-state index is 11.0. The number of hydrogen-bond donors (Lipinski definition) is 1. The summed E-state index contributed by atoms with van der Waals surface area (Å²) in [5.41, 5.74) is 1.63. The zero-order valence-corrected chi connectivity index (χ0v) is 12.1. The molecule has 1 unspecified atom stereocenters. The maximum Gasteiger partial charge on any atom is 0.292 e. The average molecular weight is 286 g/mol. The Hall–Kier alpha value is -2.56. The van der Waals surface area contributed by atoms with Gasteiger partial charge >= 0.3 is 0 Å². The second-order valence-electron chi connectivity index (χ2n) is 4.64. The Kier molecular flexibility index (Phi) is 4.77. The monoisotopic (exact) mass is 286 g/mol. The molecule has 0 amide bonds. The molecule has 5 nitrogen and oxygen atoms in total. The minimum Gasteiger partial charge on any atom is -0.494 e. The van der Waals surface area contributed by atoms with E-state index in [1.165, 1.54) is 6.07 Å². The fraction of sp³-hybridized carbons (Fsp3) is 0.250. The standard InChI is InChI=1S/C16H18N2O3/c1-3-21-14-10-8-13(9-11-14)12(2)17-15-6-4-5-7-16(15)18(19)20/h4-12,17H,3H2,1-2H3. The Morgan fingerprint density at radius 3 is 2.48 bits per heavy atom. The zero-order valence-electron chi connectivity index (χ0n) is 12.1. The van der Waals surface area contributed by atoms with Gasteiger partial charge in [-0.2, -0.15) is 0 Å². The highest BCUT2D eigenvalue weighted by Crippen LogP contribution is 2.28. The lowest BCUT2D eigenvalue weighted by molar-refractivity contribution is -0.384. The van der Waals surface area contributed by atoms with Crippen molar-refractivity contribution in [1.29, 1.82) is 0 Å². The van der Waals surface area contributed by atoms with Gasteiger partial charge in [-0.3, -0.25) is 10.1 Å². The van der Waals surface area contributed by atoms with Crippen LogP contribution in [0.3, 0.4) is 0 Å². The van der Waals surface area contributed by atoms with Crippen LogP contribution in [0, 0.1) is 10.1 Å². The number of para-hydroxylation sites is 2. The Balaban J connectivity index is 2.14. The number of nitro benzene ring substituents is 1.